The van der Waals surface area contributed by atoms with Crippen LogP contribution in [0.25, 0.3) is 11.0 Å². The van der Waals surface area contributed by atoms with Crippen LogP contribution in [0.1, 0.15) is 29.7 Å². The second-order valence-corrected chi connectivity index (χ2v) is 6.25. The number of nitro groups is 1. The molecule has 1 aliphatic rings. The highest BCUT2D eigenvalue weighted by molar-refractivity contribution is 6.05. The third-order valence-electron chi connectivity index (χ3n) is 4.64. The van der Waals surface area contributed by atoms with Crippen molar-refractivity contribution in [2.75, 3.05) is 0 Å². The molecular formula is C19H16N2O5. The number of nitro benzene ring substituents is 1. The molecule has 1 aromatic heterocycles. The maximum absolute atomic E-state index is 11.3. The molecule has 2 N–H and O–H groups in total. The van der Waals surface area contributed by atoms with Crippen LogP contribution in [-0.4, -0.2) is 21.4 Å². The number of benzene rings is 2. The van der Waals surface area contributed by atoms with Crippen LogP contribution in [0.4, 0.5) is 11.4 Å². The molecule has 26 heavy (non-hydrogen) atoms. The SMILES string of the molecule is O=[N+]([O-])c1cc2oc3c(c2c(C=Nc2ccccc2O)c1O)CCCC3. The first-order chi connectivity index (χ1) is 12.6. The summed E-state index contributed by atoms with van der Waals surface area (Å²) < 4.78 is 5.83. The smallest absolute Gasteiger partial charge is 0.315 e. The number of fused-ring (bicyclic) bond motifs is 3. The first-order valence-corrected chi connectivity index (χ1v) is 8.33. The molecule has 0 unspecified atom stereocenters. The topological polar surface area (TPSA) is 109 Å². The van der Waals surface area contributed by atoms with Crippen LogP contribution in [0.5, 0.6) is 11.5 Å². The number of nitrogens with zero attached hydrogens (tertiary/aromatic N) is 2. The van der Waals surface area contributed by atoms with Gasteiger partial charge in [0.05, 0.1) is 16.6 Å². The van der Waals surface area contributed by atoms with Gasteiger partial charge in [-0.2, -0.15) is 0 Å². The van der Waals surface area contributed by atoms with Gasteiger partial charge in [0.25, 0.3) is 0 Å². The van der Waals surface area contributed by atoms with E-state index in [1.54, 1.807) is 18.2 Å². The Morgan fingerprint density at radius 2 is 1.96 bits per heavy atom. The lowest BCUT2D eigenvalue weighted by Gasteiger charge is -2.10. The number of hydrogen-bond acceptors (Lipinski definition) is 6. The third-order valence-corrected chi connectivity index (χ3v) is 4.64. The number of hydrogen-bond donors (Lipinski definition) is 2. The Bertz CT molecular complexity index is 1050. The summed E-state index contributed by atoms with van der Waals surface area (Å²) in [7, 11) is 0. The van der Waals surface area contributed by atoms with Crippen LogP contribution in [0.2, 0.25) is 0 Å². The molecule has 0 radical (unpaired) electrons. The van der Waals surface area contributed by atoms with Crippen LogP contribution in [0.15, 0.2) is 39.7 Å². The van der Waals surface area contributed by atoms with Gasteiger partial charge in [-0.15, -0.1) is 0 Å². The molecular weight excluding hydrogens is 336 g/mol. The molecule has 0 bridgehead atoms. The van der Waals surface area contributed by atoms with E-state index in [-0.39, 0.29) is 11.3 Å². The molecule has 3 aromatic rings. The van der Waals surface area contributed by atoms with E-state index in [4.69, 9.17) is 4.42 Å². The monoisotopic (exact) mass is 352 g/mol. The van der Waals surface area contributed by atoms with Gasteiger partial charge in [-0.3, -0.25) is 15.1 Å². The highest BCUT2D eigenvalue weighted by Crippen LogP contribution is 2.41. The van der Waals surface area contributed by atoms with E-state index in [9.17, 15) is 20.3 Å². The van der Waals surface area contributed by atoms with Gasteiger partial charge < -0.3 is 14.6 Å². The predicted molar refractivity (Wildman–Crippen MR) is 96.5 cm³/mol. The van der Waals surface area contributed by atoms with Crippen LogP contribution in [0.3, 0.4) is 0 Å². The molecule has 1 heterocycles. The zero-order chi connectivity index (χ0) is 18.3. The number of phenolic OH excluding ortho intramolecular Hbond substituents is 2. The summed E-state index contributed by atoms with van der Waals surface area (Å²) in [6, 6.07) is 7.76. The number of aromatic hydroxyl groups is 2. The van der Waals surface area contributed by atoms with Crippen molar-refractivity contribution in [3.63, 3.8) is 0 Å². The minimum absolute atomic E-state index is 0.0147. The summed E-state index contributed by atoms with van der Waals surface area (Å²) in [5.74, 6) is 0.346. The molecule has 0 atom stereocenters. The van der Waals surface area contributed by atoms with E-state index in [1.165, 1.54) is 18.3 Å². The number of rotatable bonds is 3. The summed E-state index contributed by atoms with van der Waals surface area (Å²) in [5.41, 5.74) is 1.46. The van der Waals surface area contributed by atoms with Gasteiger partial charge >= 0.3 is 5.69 Å². The van der Waals surface area contributed by atoms with Gasteiger partial charge in [0, 0.05) is 23.6 Å². The van der Waals surface area contributed by atoms with Gasteiger partial charge in [-0.05, 0) is 31.4 Å². The molecule has 0 amide bonds. The maximum atomic E-state index is 11.3. The van der Waals surface area contributed by atoms with Crippen molar-refractivity contribution in [1.82, 2.24) is 0 Å². The van der Waals surface area contributed by atoms with Gasteiger partial charge in [-0.25, -0.2) is 0 Å². The molecule has 2 aromatic carbocycles. The molecule has 0 fully saturated rings. The second kappa shape index (κ2) is 6.18. The minimum atomic E-state index is -0.645. The fourth-order valence-electron chi connectivity index (χ4n) is 3.41. The standard InChI is InChI=1S/C19H16N2O5/c22-15-7-3-2-6-13(15)20-10-12-18-11-5-1-4-8-16(11)26-17(18)9-14(19(12)23)21(24)25/h2-3,6-7,9-10,22-23H,1,4-5,8H2. The maximum Gasteiger partial charge on any atom is 0.315 e. The van der Waals surface area contributed by atoms with E-state index in [0.29, 0.717) is 16.7 Å². The molecule has 0 saturated carbocycles. The fourth-order valence-corrected chi connectivity index (χ4v) is 3.41. The van der Waals surface area contributed by atoms with Crippen molar-refractivity contribution in [2.45, 2.75) is 25.7 Å². The van der Waals surface area contributed by atoms with Gasteiger partial charge in [0.1, 0.15) is 22.8 Å². The number of furan rings is 1. The van der Waals surface area contributed by atoms with Crippen LogP contribution in [-0.2, 0) is 12.8 Å². The van der Waals surface area contributed by atoms with E-state index in [1.807, 2.05) is 0 Å². The Labute approximate surface area is 148 Å². The van der Waals surface area contributed by atoms with E-state index >= 15 is 0 Å². The van der Waals surface area contributed by atoms with Crippen molar-refractivity contribution in [3.05, 3.63) is 57.3 Å². The Kier molecular flexibility index (Phi) is 3.84. The zero-order valence-electron chi connectivity index (χ0n) is 13.8. The van der Waals surface area contributed by atoms with E-state index < -0.39 is 16.4 Å². The summed E-state index contributed by atoms with van der Waals surface area (Å²) in [6.45, 7) is 0. The van der Waals surface area contributed by atoms with Crippen LogP contribution in [0, 0.1) is 10.1 Å². The normalized spacial score (nSPS) is 14.0. The van der Waals surface area contributed by atoms with Crippen molar-refractivity contribution in [3.8, 4) is 11.5 Å². The van der Waals surface area contributed by atoms with Gasteiger partial charge in [-0.1, -0.05) is 12.1 Å². The molecule has 4 rings (SSSR count). The minimum Gasteiger partial charge on any atom is -0.506 e. The molecule has 7 heteroatoms. The lowest BCUT2D eigenvalue weighted by molar-refractivity contribution is -0.385. The average molecular weight is 352 g/mol. The fraction of sp³-hybridized carbons (Fsp3) is 0.211. The third kappa shape index (κ3) is 2.57. The molecule has 132 valence electrons. The Hall–Kier alpha value is -3.35. The first kappa shape index (κ1) is 16.1. The second-order valence-electron chi connectivity index (χ2n) is 6.25. The van der Waals surface area contributed by atoms with Crippen molar-refractivity contribution in [1.29, 1.82) is 0 Å². The summed E-state index contributed by atoms with van der Waals surface area (Å²) >= 11 is 0. The Morgan fingerprint density at radius 1 is 1.19 bits per heavy atom. The largest absolute Gasteiger partial charge is 0.506 e. The molecule has 0 spiro atoms. The van der Waals surface area contributed by atoms with Crippen molar-refractivity contribution < 1.29 is 19.6 Å². The van der Waals surface area contributed by atoms with E-state index in [0.717, 1.165) is 37.0 Å². The average Bonchev–Trinajstić information content (AvgIpc) is 3.00. The number of aliphatic imine (C=N–C) groups is 1. The Morgan fingerprint density at radius 3 is 2.73 bits per heavy atom. The zero-order valence-corrected chi connectivity index (χ0v) is 13.8. The lowest BCUT2D eigenvalue weighted by Crippen LogP contribution is -2.00. The van der Waals surface area contributed by atoms with Gasteiger partial charge in [0.15, 0.2) is 0 Å². The molecule has 7 nitrogen and oxygen atoms in total. The Balaban J connectivity index is 1.96. The van der Waals surface area contributed by atoms with Crippen molar-refractivity contribution in [2.24, 2.45) is 4.99 Å². The number of aryl methyl sites for hydroxylation is 2. The molecule has 1 aliphatic carbocycles. The summed E-state index contributed by atoms with van der Waals surface area (Å²) in [5, 5.41) is 32.3. The quantitative estimate of drug-likeness (QED) is 0.413. The first-order valence-electron chi connectivity index (χ1n) is 8.33. The number of phenols is 2. The number of para-hydroxylation sites is 2. The van der Waals surface area contributed by atoms with Crippen LogP contribution >= 0.6 is 0 Å². The van der Waals surface area contributed by atoms with Gasteiger partial charge in [0.2, 0.25) is 5.75 Å². The summed E-state index contributed by atoms with van der Waals surface area (Å²) in [4.78, 5) is 14.9. The molecule has 0 saturated heterocycles. The van der Waals surface area contributed by atoms with Crippen molar-refractivity contribution >= 4 is 28.6 Å². The van der Waals surface area contributed by atoms with Crippen LogP contribution < -0.4 is 0 Å². The lowest BCUT2D eigenvalue weighted by atomic mass is 9.93. The highest BCUT2D eigenvalue weighted by atomic mass is 16.6. The van der Waals surface area contributed by atoms with E-state index in [2.05, 4.69) is 4.99 Å². The molecule has 0 aliphatic heterocycles. The summed E-state index contributed by atoms with van der Waals surface area (Å²) in [6.07, 6.45) is 4.91. The predicted octanol–water partition coefficient (Wildman–Crippen LogP) is 4.38. The highest BCUT2D eigenvalue weighted by Gasteiger charge is 2.27.